The van der Waals surface area contributed by atoms with E-state index in [0.717, 1.165) is 31.0 Å². The molecule has 0 bridgehead atoms. The summed E-state index contributed by atoms with van der Waals surface area (Å²) >= 11 is 22.6. The summed E-state index contributed by atoms with van der Waals surface area (Å²) in [5, 5.41) is 4.47. The van der Waals surface area contributed by atoms with Gasteiger partial charge in [-0.1, -0.05) is 101 Å². The van der Waals surface area contributed by atoms with E-state index in [9.17, 15) is 0 Å². The van der Waals surface area contributed by atoms with Crippen LogP contribution in [-0.2, 0) is 0 Å². The van der Waals surface area contributed by atoms with Gasteiger partial charge in [-0.15, -0.1) is 0 Å². The lowest BCUT2D eigenvalue weighted by Crippen LogP contribution is -2.08. The Balaban J connectivity index is 1.23. The zero-order valence-electron chi connectivity index (χ0n) is 18.3. The third kappa shape index (κ3) is 6.03. The maximum atomic E-state index is 6.59. The van der Waals surface area contributed by atoms with Crippen LogP contribution >= 0.6 is 58.3 Å². The van der Waals surface area contributed by atoms with Gasteiger partial charge in [0.1, 0.15) is 0 Å². The van der Waals surface area contributed by atoms with Gasteiger partial charge in [0.15, 0.2) is 0 Å². The van der Waals surface area contributed by atoms with Crippen molar-refractivity contribution < 1.29 is 0 Å². The smallest absolute Gasteiger partial charge is 0.0566 e. The number of halogens is 3. The van der Waals surface area contributed by atoms with Crippen molar-refractivity contribution in [2.45, 2.75) is 19.6 Å². The van der Waals surface area contributed by atoms with E-state index in [1.165, 1.54) is 22.5 Å². The lowest BCUT2D eigenvalue weighted by molar-refractivity contribution is 1.35. The molecule has 2 nitrogen and oxygen atoms in total. The summed E-state index contributed by atoms with van der Waals surface area (Å²) in [6, 6.07) is 34.2. The highest BCUT2D eigenvalue weighted by Crippen LogP contribution is 2.38. The van der Waals surface area contributed by atoms with E-state index in [4.69, 9.17) is 34.8 Å². The molecule has 0 atom stereocenters. The fraction of sp³-hybridized carbons (Fsp3) is 0. The third-order valence-corrected chi connectivity index (χ3v) is 8.73. The average molecular weight is 554 g/mol. The van der Waals surface area contributed by atoms with Gasteiger partial charge in [0.05, 0.1) is 26.4 Å². The predicted octanol–water partition coefficient (Wildman–Crippen LogP) is 10.5. The van der Waals surface area contributed by atoms with Crippen LogP contribution in [0.25, 0.3) is 10.8 Å². The molecular weight excluding hydrogens is 535 g/mol. The van der Waals surface area contributed by atoms with Crippen molar-refractivity contribution in [3.8, 4) is 0 Å². The van der Waals surface area contributed by atoms with E-state index >= 15 is 0 Å². The molecule has 0 heterocycles. The Morgan fingerprint density at radius 2 is 1.03 bits per heavy atom. The summed E-state index contributed by atoms with van der Waals surface area (Å²) in [6.45, 7) is 0. The number of fused-ring (bicyclic) bond motifs is 1. The van der Waals surface area contributed by atoms with Crippen molar-refractivity contribution in [2.75, 3.05) is 10.9 Å². The summed E-state index contributed by atoms with van der Waals surface area (Å²) in [5.41, 5.74) is 8.07. The molecule has 0 aliphatic heterocycles. The predicted molar refractivity (Wildman–Crippen MR) is 154 cm³/mol. The van der Waals surface area contributed by atoms with E-state index in [-0.39, 0.29) is 0 Å². The number of hydrogen-bond donors (Lipinski definition) is 2. The minimum atomic E-state index is 0.641. The number of rotatable bonds is 7. The quantitative estimate of drug-likeness (QED) is 0.196. The second kappa shape index (κ2) is 11.1. The molecule has 7 heteroatoms. The SMILES string of the molecule is Clc1cc(NNc2ccc(Sc3ccccc3Cl)c(Cl)c2)ccc1Sc1ccc2ccccc2c1. The average Bonchev–Trinajstić information content (AvgIpc) is 2.87. The highest BCUT2D eigenvalue weighted by atomic mass is 35.5. The molecule has 0 aromatic heterocycles. The summed E-state index contributed by atoms with van der Waals surface area (Å²) < 4.78 is 0. The first-order valence-corrected chi connectivity index (χ1v) is 13.5. The van der Waals surface area contributed by atoms with Crippen LogP contribution in [0.3, 0.4) is 0 Å². The van der Waals surface area contributed by atoms with Gasteiger partial charge in [0, 0.05) is 19.6 Å². The second-order valence-electron chi connectivity index (χ2n) is 7.68. The van der Waals surface area contributed by atoms with Crippen LogP contribution in [0.1, 0.15) is 0 Å². The first-order chi connectivity index (χ1) is 17.0. The van der Waals surface area contributed by atoms with Crippen molar-refractivity contribution >= 4 is 80.5 Å². The Morgan fingerprint density at radius 3 is 1.69 bits per heavy atom. The number of benzene rings is 5. The first-order valence-electron chi connectivity index (χ1n) is 10.8. The Bertz CT molecular complexity index is 1510. The van der Waals surface area contributed by atoms with E-state index in [0.29, 0.717) is 15.1 Å². The highest BCUT2D eigenvalue weighted by Gasteiger charge is 2.08. The summed E-state index contributed by atoms with van der Waals surface area (Å²) in [6.07, 6.45) is 0. The second-order valence-corrected chi connectivity index (χ2v) is 11.1. The first kappa shape index (κ1) is 24.2. The van der Waals surface area contributed by atoms with Gasteiger partial charge in [-0.05, 0) is 71.4 Å². The van der Waals surface area contributed by atoms with Crippen LogP contribution < -0.4 is 10.9 Å². The minimum Gasteiger partial charge on any atom is -0.301 e. The van der Waals surface area contributed by atoms with Crippen molar-refractivity contribution in [1.29, 1.82) is 0 Å². The van der Waals surface area contributed by atoms with Crippen LogP contribution in [0.5, 0.6) is 0 Å². The summed E-state index contributed by atoms with van der Waals surface area (Å²) in [4.78, 5) is 4.04. The van der Waals surface area contributed by atoms with Crippen LogP contribution in [0.4, 0.5) is 11.4 Å². The summed E-state index contributed by atoms with van der Waals surface area (Å²) in [5.74, 6) is 0. The number of anilines is 2. The third-order valence-electron chi connectivity index (χ3n) is 5.22. The Morgan fingerprint density at radius 1 is 0.457 bits per heavy atom. The minimum absolute atomic E-state index is 0.641. The number of nitrogens with one attached hydrogen (secondary N) is 2. The molecule has 0 radical (unpaired) electrons. The van der Waals surface area contributed by atoms with Crippen LogP contribution in [0.15, 0.2) is 123 Å². The molecule has 0 aliphatic carbocycles. The van der Waals surface area contributed by atoms with Crippen molar-refractivity contribution in [1.82, 2.24) is 0 Å². The molecule has 5 rings (SSSR count). The molecule has 0 aliphatic rings. The largest absolute Gasteiger partial charge is 0.301 e. The fourth-order valence-electron chi connectivity index (χ4n) is 3.47. The van der Waals surface area contributed by atoms with Crippen LogP contribution in [-0.4, -0.2) is 0 Å². The standard InChI is InChI=1S/C28H19Cl3N2S2/c29-23-7-3-4-8-26(23)35-28-14-11-21(17-25(28)31)33-32-20-10-13-27(24(30)16-20)34-22-12-9-18-5-1-2-6-19(18)15-22/h1-17,32-33H. The normalized spacial score (nSPS) is 10.9. The van der Waals surface area contributed by atoms with Gasteiger partial charge >= 0.3 is 0 Å². The van der Waals surface area contributed by atoms with Gasteiger partial charge in [0.2, 0.25) is 0 Å². The van der Waals surface area contributed by atoms with E-state index in [1.54, 1.807) is 11.8 Å². The molecule has 0 fully saturated rings. The Labute approximate surface area is 228 Å². The van der Waals surface area contributed by atoms with Crippen molar-refractivity contribution in [2.24, 2.45) is 0 Å². The number of hydrogen-bond acceptors (Lipinski definition) is 4. The molecule has 0 amide bonds. The molecule has 0 saturated heterocycles. The molecule has 0 unspecified atom stereocenters. The van der Waals surface area contributed by atoms with Gasteiger partial charge < -0.3 is 10.9 Å². The van der Waals surface area contributed by atoms with Crippen LogP contribution in [0, 0.1) is 0 Å². The van der Waals surface area contributed by atoms with E-state index < -0.39 is 0 Å². The molecule has 2 N–H and O–H groups in total. The van der Waals surface area contributed by atoms with Crippen LogP contribution in [0.2, 0.25) is 15.1 Å². The van der Waals surface area contributed by atoms with Gasteiger partial charge in [-0.3, -0.25) is 0 Å². The topological polar surface area (TPSA) is 24.1 Å². The molecule has 35 heavy (non-hydrogen) atoms. The summed E-state index contributed by atoms with van der Waals surface area (Å²) in [7, 11) is 0. The molecule has 0 saturated carbocycles. The zero-order valence-corrected chi connectivity index (χ0v) is 22.2. The van der Waals surface area contributed by atoms with Crippen molar-refractivity contribution in [3.05, 3.63) is 118 Å². The van der Waals surface area contributed by atoms with Gasteiger partial charge in [0.25, 0.3) is 0 Å². The van der Waals surface area contributed by atoms with E-state index in [1.807, 2.05) is 66.7 Å². The highest BCUT2D eigenvalue weighted by molar-refractivity contribution is 7.99. The Hall–Kier alpha value is -2.47. The number of hydrazine groups is 1. The molecule has 0 spiro atoms. The zero-order chi connectivity index (χ0) is 24.2. The Kier molecular flexibility index (Phi) is 7.66. The lowest BCUT2D eigenvalue weighted by atomic mass is 10.1. The molecule has 5 aromatic carbocycles. The van der Waals surface area contributed by atoms with Crippen molar-refractivity contribution in [3.63, 3.8) is 0 Å². The molecule has 5 aromatic rings. The fourth-order valence-corrected chi connectivity index (χ4v) is 6.02. The maximum Gasteiger partial charge on any atom is 0.0566 e. The monoisotopic (exact) mass is 552 g/mol. The van der Waals surface area contributed by atoms with Gasteiger partial charge in [-0.2, -0.15) is 0 Å². The molecular formula is C28H19Cl3N2S2. The van der Waals surface area contributed by atoms with Gasteiger partial charge in [-0.25, -0.2) is 0 Å². The molecule has 174 valence electrons. The maximum absolute atomic E-state index is 6.59. The lowest BCUT2D eigenvalue weighted by Gasteiger charge is -2.13. The van der Waals surface area contributed by atoms with E-state index in [2.05, 4.69) is 47.2 Å².